The number of aromatic nitrogens is 6. The average Bonchev–Trinajstić information content (AvgIpc) is 4.09. The first-order valence-corrected chi connectivity index (χ1v) is 21.8. The number of para-hydroxylation sites is 6. The van der Waals surface area contributed by atoms with Crippen molar-refractivity contribution >= 4 is 87.2 Å². The molecule has 14 aromatic rings. The molecule has 0 bridgehead atoms. The van der Waals surface area contributed by atoms with Gasteiger partial charge in [-0.2, -0.15) is 0 Å². The molecule has 0 amide bonds. The van der Waals surface area contributed by atoms with Crippen molar-refractivity contribution in [1.29, 1.82) is 0 Å². The van der Waals surface area contributed by atoms with Crippen LogP contribution in [-0.4, -0.2) is 28.2 Å². The SMILES string of the molecule is c1ccc(-c2nc(-n3c4ccccc4c4ccc5c(c6ccccc6n5-c5ccccc5)c43)cc(-n3c4ccccc4c4ccc5c(c6ccccc6n5-c5ccccc5)c43)n2)cc1. The van der Waals surface area contributed by atoms with Gasteiger partial charge in [0.05, 0.1) is 44.1 Å². The van der Waals surface area contributed by atoms with Crippen LogP contribution in [0.5, 0.6) is 0 Å². The van der Waals surface area contributed by atoms with Crippen molar-refractivity contribution in [2.45, 2.75) is 0 Å². The Balaban J connectivity index is 1.15. The molecule has 0 saturated carbocycles. The molecule has 14 rings (SSSR count). The molecule has 0 aliphatic heterocycles. The summed E-state index contributed by atoms with van der Waals surface area (Å²) in [6.45, 7) is 0. The normalized spacial score (nSPS) is 12.1. The zero-order valence-electron chi connectivity index (χ0n) is 34.5. The lowest BCUT2D eigenvalue weighted by molar-refractivity contribution is 0.996. The fourth-order valence-electron chi connectivity index (χ4n) is 10.6. The van der Waals surface area contributed by atoms with Crippen LogP contribution >= 0.6 is 0 Å². The molecule has 64 heavy (non-hydrogen) atoms. The quantitative estimate of drug-likeness (QED) is 0.174. The Morgan fingerprint density at radius 1 is 0.266 bits per heavy atom. The zero-order valence-corrected chi connectivity index (χ0v) is 34.5. The van der Waals surface area contributed by atoms with Gasteiger partial charge in [0.1, 0.15) is 11.6 Å². The predicted octanol–water partition coefficient (Wildman–Crippen LogP) is 14.5. The fourth-order valence-corrected chi connectivity index (χ4v) is 10.6. The van der Waals surface area contributed by atoms with E-state index >= 15 is 0 Å². The Labute approximate surface area is 366 Å². The van der Waals surface area contributed by atoms with E-state index in [2.05, 4.69) is 231 Å². The molecule has 5 heterocycles. The summed E-state index contributed by atoms with van der Waals surface area (Å²) in [4.78, 5) is 11.1. The number of hydrogen-bond acceptors (Lipinski definition) is 2. The van der Waals surface area contributed by atoms with E-state index in [0.29, 0.717) is 5.82 Å². The van der Waals surface area contributed by atoms with Crippen LogP contribution in [0.1, 0.15) is 0 Å². The highest BCUT2D eigenvalue weighted by atomic mass is 15.2. The highest BCUT2D eigenvalue weighted by Gasteiger charge is 2.25. The van der Waals surface area contributed by atoms with Crippen molar-refractivity contribution in [3.63, 3.8) is 0 Å². The highest BCUT2D eigenvalue weighted by molar-refractivity contribution is 6.27. The first kappa shape index (κ1) is 34.9. The molecular weight excluding hydrogens is 781 g/mol. The number of fused-ring (bicyclic) bond motifs is 14. The minimum absolute atomic E-state index is 0.655. The molecule has 6 nitrogen and oxygen atoms in total. The predicted molar refractivity (Wildman–Crippen MR) is 265 cm³/mol. The Morgan fingerprint density at radius 3 is 1.06 bits per heavy atom. The van der Waals surface area contributed by atoms with Gasteiger partial charge in [0.25, 0.3) is 0 Å². The molecule has 0 radical (unpaired) electrons. The lowest BCUT2D eigenvalue weighted by atomic mass is 10.1. The summed E-state index contributed by atoms with van der Waals surface area (Å²) >= 11 is 0. The minimum Gasteiger partial charge on any atom is -0.309 e. The fraction of sp³-hybridized carbons (Fsp3) is 0. The van der Waals surface area contributed by atoms with E-state index in [0.717, 1.165) is 72.7 Å². The molecule has 0 saturated heterocycles. The molecule has 5 aromatic heterocycles. The van der Waals surface area contributed by atoms with Gasteiger partial charge >= 0.3 is 0 Å². The van der Waals surface area contributed by atoms with Crippen molar-refractivity contribution in [1.82, 2.24) is 28.2 Å². The standard InChI is InChI=1S/C58H36N6/c1-4-18-37(19-5-1)58-59-52(63-46-28-14-10-24-40(46)42-32-34-50-54(56(42)63)44-26-12-16-30-48(44)61(50)38-20-6-2-7-21-38)36-53(60-58)64-47-29-15-11-25-41(47)43-33-35-51-55(57(43)64)45-27-13-17-31-49(45)62(51)39-22-8-3-9-23-39/h1-36H. The van der Waals surface area contributed by atoms with Gasteiger partial charge in [-0.05, 0) is 60.7 Å². The number of benzene rings is 9. The Morgan fingerprint density at radius 2 is 0.625 bits per heavy atom. The van der Waals surface area contributed by atoms with Crippen LogP contribution in [0.25, 0.3) is 122 Å². The van der Waals surface area contributed by atoms with Gasteiger partial charge in [-0.1, -0.05) is 152 Å². The Bertz CT molecular complexity index is 3920. The van der Waals surface area contributed by atoms with Crippen LogP contribution in [0.15, 0.2) is 218 Å². The van der Waals surface area contributed by atoms with E-state index in [9.17, 15) is 0 Å². The molecule has 6 heteroatoms. The van der Waals surface area contributed by atoms with Crippen LogP contribution in [0.2, 0.25) is 0 Å². The van der Waals surface area contributed by atoms with E-state index in [-0.39, 0.29) is 0 Å². The van der Waals surface area contributed by atoms with Gasteiger partial charge < -0.3 is 9.13 Å². The lowest BCUT2D eigenvalue weighted by Gasteiger charge is -2.15. The maximum absolute atomic E-state index is 5.55. The molecule has 0 aliphatic rings. The summed E-state index contributed by atoms with van der Waals surface area (Å²) in [5.41, 5.74) is 12.2. The van der Waals surface area contributed by atoms with Crippen molar-refractivity contribution in [2.24, 2.45) is 0 Å². The van der Waals surface area contributed by atoms with Crippen molar-refractivity contribution < 1.29 is 0 Å². The lowest BCUT2D eigenvalue weighted by Crippen LogP contribution is -2.06. The van der Waals surface area contributed by atoms with E-state index < -0.39 is 0 Å². The van der Waals surface area contributed by atoms with Crippen LogP contribution in [0, 0.1) is 0 Å². The molecule has 9 aromatic carbocycles. The van der Waals surface area contributed by atoms with Gasteiger partial charge in [-0.3, -0.25) is 9.13 Å². The zero-order chi connectivity index (χ0) is 41.9. The summed E-state index contributed by atoms with van der Waals surface area (Å²) in [6, 6.07) is 78.1. The van der Waals surface area contributed by atoms with E-state index in [1.54, 1.807) is 0 Å². The monoisotopic (exact) mass is 816 g/mol. The number of hydrogen-bond donors (Lipinski definition) is 0. The molecule has 298 valence electrons. The number of rotatable bonds is 5. The largest absolute Gasteiger partial charge is 0.309 e. The second-order valence-electron chi connectivity index (χ2n) is 16.6. The second kappa shape index (κ2) is 13.4. The van der Waals surface area contributed by atoms with Gasteiger partial charge in [-0.15, -0.1) is 0 Å². The Hall–Kier alpha value is -8.74. The molecule has 0 unspecified atom stereocenters. The summed E-state index contributed by atoms with van der Waals surface area (Å²) in [5.74, 6) is 2.25. The van der Waals surface area contributed by atoms with E-state index in [1.165, 1.54) is 43.1 Å². The van der Waals surface area contributed by atoms with Crippen molar-refractivity contribution in [2.75, 3.05) is 0 Å². The maximum atomic E-state index is 5.55. The molecule has 0 aliphatic carbocycles. The molecule has 0 spiro atoms. The van der Waals surface area contributed by atoms with Crippen molar-refractivity contribution in [3.8, 4) is 34.4 Å². The van der Waals surface area contributed by atoms with Crippen LogP contribution in [0.3, 0.4) is 0 Å². The van der Waals surface area contributed by atoms with E-state index in [4.69, 9.17) is 9.97 Å². The molecular formula is C58H36N6. The van der Waals surface area contributed by atoms with Crippen LogP contribution in [0.4, 0.5) is 0 Å². The van der Waals surface area contributed by atoms with Gasteiger partial charge in [0.2, 0.25) is 0 Å². The molecule has 0 fully saturated rings. The Kier molecular flexibility index (Phi) is 7.30. The third kappa shape index (κ3) is 4.85. The second-order valence-corrected chi connectivity index (χ2v) is 16.6. The van der Waals surface area contributed by atoms with Crippen molar-refractivity contribution in [3.05, 3.63) is 218 Å². The topological polar surface area (TPSA) is 45.5 Å². The summed E-state index contributed by atoms with van der Waals surface area (Å²) in [7, 11) is 0. The van der Waals surface area contributed by atoms with Gasteiger partial charge in [0.15, 0.2) is 5.82 Å². The third-order valence-corrected chi connectivity index (χ3v) is 13.2. The van der Waals surface area contributed by atoms with Crippen LogP contribution in [-0.2, 0) is 0 Å². The van der Waals surface area contributed by atoms with Gasteiger partial charge in [0, 0.05) is 66.1 Å². The summed E-state index contributed by atoms with van der Waals surface area (Å²) in [6.07, 6.45) is 0. The average molecular weight is 817 g/mol. The molecule has 0 N–H and O–H groups in total. The van der Waals surface area contributed by atoms with E-state index in [1.807, 2.05) is 6.07 Å². The summed E-state index contributed by atoms with van der Waals surface area (Å²) in [5, 5.41) is 9.43. The smallest absolute Gasteiger partial charge is 0.163 e. The highest BCUT2D eigenvalue weighted by Crippen LogP contribution is 2.44. The van der Waals surface area contributed by atoms with Crippen LogP contribution < -0.4 is 0 Å². The number of nitrogens with zero attached hydrogens (tertiary/aromatic N) is 6. The maximum Gasteiger partial charge on any atom is 0.163 e. The minimum atomic E-state index is 0.655. The summed E-state index contributed by atoms with van der Waals surface area (Å²) < 4.78 is 9.55. The van der Waals surface area contributed by atoms with Gasteiger partial charge in [-0.25, -0.2) is 9.97 Å². The first-order chi connectivity index (χ1) is 31.8. The third-order valence-electron chi connectivity index (χ3n) is 13.2. The first-order valence-electron chi connectivity index (χ1n) is 21.8. The molecule has 0 atom stereocenters.